The van der Waals surface area contributed by atoms with Crippen LogP contribution in [0.3, 0.4) is 0 Å². The van der Waals surface area contributed by atoms with Gasteiger partial charge >= 0.3 is 0 Å². The first kappa shape index (κ1) is 23.7. The van der Waals surface area contributed by atoms with Gasteiger partial charge in [0.25, 0.3) is 0 Å². The van der Waals surface area contributed by atoms with Gasteiger partial charge in [-0.3, -0.25) is 14.8 Å². The molecular weight excluding hydrogens is 477 g/mol. The molecule has 0 spiro atoms. The minimum atomic E-state index is 0. The number of aliphatic imine (C=N–C) groups is 1. The van der Waals surface area contributed by atoms with Crippen molar-refractivity contribution < 1.29 is 4.42 Å². The first-order chi connectivity index (χ1) is 13.8. The third-order valence-electron chi connectivity index (χ3n) is 4.99. The first-order valence-corrected chi connectivity index (χ1v) is 10.4. The van der Waals surface area contributed by atoms with Gasteiger partial charge in [-0.15, -0.1) is 24.0 Å². The van der Waals surface area contributed by atoms with E-state index in [4.69, 9.17) is 9.41 Å². The van der Waals surface area contributed by atoms with E-state index in [0.29, 0.717) is 0 Å². The Balaban J connectivity index is 0.00000300. The van der Waals surface area contributed by atoms with Crippen LogP contribution in [0.2, 0.25) is 0 Å². The van der Waals surface area contributed by atoms with E-state index < -0.39 is 0 Å². The summed E-state index contributed by atoms with van der Waals surface area (Å²) in [6, 6.07) is 14.7. The lowest BCUT2D eigenvalue weighted by atomic mass is 10.2. The highest BCUT2D eigenvalue weighted by Crippen LogP contribution is 2.08. The van der Waals surface area contributed by atoms with Gasteiger partial charge in [0.2, 0.25) is 0 Å². The molecular formula is C22H34IN5O. The Kier molecular flexibility index (Phi) is 11.1. The molecule has 0 aliphatic carbocycles. The van der Waals surface area contributed by atoms with E-state index in [0.717, 1.165) is 77.0 Å². The average molecular weight is 511 g/mol. The summed E-state index contributed by atoms with van der Waals surface area (Å²) in [5.74, 6) is 1.88. The predicted octanol–water partition coefficient (Wildman–Crippen LogP) is 2.81. The van der Waals surface area contributed by atoms with Crippen molar-refractivity contribution in [3.8, 4) is 0 Å². The van der Waals surface area contributed by atoms with Crippen LogP contribution in [-0.2, 0) is 13.0 Å². The summed E-state index contributed by atoms with van der Waals surface area (Å²) in [6.07, 6.45) is 2.58. The van der Waals surface area contributed by atoms with Gasteiger partial charge < -0.3 is 15.1 Å². The molecule has 1 aromatic heterocycles. The summed E-state index contributed by atoms with van der Waals surface area (Å²) in [4.78, 5) is 9.77. The van der Waals surface area contributed by atoms with Crippen molar-refractivity contribution >= 4 is 29.9 Å². The number of hydrogen-bond acceptors (Lipinski definition) is 4. The Morgan fingerprint density at radius 1 is 1.00 bits per heavy atom. The zero-order chi connectivity index (χ0) is 19.4. The van der Waals surface area contributed by atoms with Crippen LogP contribution in [0.15, 0.2) is 58.1 Å². The maximum atomic E-state index is 5.37. The molecule has 2 heterocycles. The fourth-order valence-corrected chi connectivity index (χ4v) is 3.42. The standard InChI is InChI=1S/C22H33N5O.HI/c1-2-23-22(24-11-10-21-9-6-18-28-21)25-12-13-26-14-16-27(17-15-26)19-20-7-4-3-5-8-20;/h3-9,18H,2,10-17,19H2,1H3,(H2,23,24,25);1H. The summed E-state index contributed by atoms with van der Waals surface area (Å²) in [5, 5.41) is 6.70. The number of hydrogen-bond donors (Lipinski definition) is 2. The number of furan rings is 1. The summed E-state index contributed by atoms with van der Waals surface area (Å²) in [7, 11) is 0. The molecule has 6 nitrogen and oxygen atoms in total. The molecule has 1 fully saturated rings. The molecule has 3 rings (SSSR count). The first-order valence-electron chi connectivity index (χ1n) is 10.4. The molecule has 0 unspecified atom stereocenters. The highest BCUT2D eigenvalue weighted by molar-refractivity contribution is 14.0. The van der Waals surface area contributed by atoms with Gasteiger partial charge in [-0.1, -0.05) is 30.3 Å². The smallest absolute Gasteiger partial charge is 0.191 e. The molecule has 29 heavy (non-hydrogen) atoms. The molecule has 1 aliphatic heterocycles. The van der Waals surface area contributed by atoms with Crippen molar-refractivity contribution in [1.82, 2.24) is 20.4 Å². The van der Waals surface area contributed by atoms with Crippen molar-refractivity contribution in [2.45, 2.75) is 19.9 Å². The zero-order valence-corrected chi connectivity index (χ0v) is 19.7. The second-order valence-electron chi connectivity index (χ2n) is 7.12. The number of nitrogens with one attached hydrogen (secondary N) is 2. The minimum absolute atomic E-state index is 0. The quantitative estimate of drug-likeness (QED) is 0.308. The molecule has 1 saturated heterocycles. The second-order valence-corrected chi connectivity index (χ2v) is 7.12. The molecule has 160 valence electrons. The van der Waals surface area contributed by atoms with Gasteiger partial charge in [-0.25, -0.2) is 0 Å². The molecule has 0 atom stereocenters. The van der Waals surface area contributed by atoms with Gasteiger partial charge in [0.1, 0.15) is 5.76 Å². The molecule has 2 aromatic rings. The van der Waals surface area contributed by atoms with Crippen LogP contribution in [0.1, 0.15) is 18.2 Å². The van der Waals surface area contributed by atoms with Crippen molar-refractivity contribution in [1.29, 1.82) is 0 Å². The number of benzene rings is 1. The van der Waals surface area contributed by atoms with Crippen LogP contribution in [0.4, 0.5) is 0 Å². The Bertz CT molecular complexity index is 684. The summed E-state index contributed by atoms with van der Waals surface area (Å²) in [5.41, 5.74) is 1.40. The van der Waals surface area contributed by atoms with Gasteiger partial charge in [0.05, 0.1) is 12.8 Å². The van der Waals surface area contributed by atoms with Crippen molar-refractivity contribution in [2.75, 3.05) is 52.4 Å². The Morgan fingerprint density at radius 2 is 1.76 bits per heavy atom. The lowest BCUT2D eigenvalue weighted by Crippen LogP contribution is -2.46. The Hall–Kier alpha value is -1.58. The lowest BCUT2D eigenvalue weighted by Gasteiger charge is -2.34. The van der Waals surface area contributed by atoms with E-state index >= 15 is 0 Å². The highest BCUT2D eigenvalue weighted by Gasteiger charge is 2.16. The molecule has 0 radical (unpaired) electrons. The molecule has 0 amide bonds. The van der Waals surface area contributed by atoms with Crippen LogP contribution < -0.4 is 10.6 Å². The SMILES string of the molecule is CCNC(=NCCN1CCN(Cc2ccccc2)CC1)NCCc1ccco1.I. The normalized spacial score (nSPS) is 15.7. The fraction of sp³-hybridized carbons (Fsp3) is 0.500. The maximum absolute atomic E-state index is 5.37. The van der Waals surface area contributed by atoms with E-state index in [2.05, 4.69) is 57.7 Å². The Morgan fingerprint density at radius 3 is 2.45 bits per heavy atom. The summed E-state index contributed by atoms with van der Waals surface area (Å²) in [6.45, 7) is 11.1. The average Bonchev–Trinajstić information content (AvgIpc) is 3.24. The largest absolute Gasteiger partial charge is 0.469 e. The number of nitrogens with zero attached hydrogens (tertiary/aromatic N) is 3. The fourth-order valence-electron chi connectivity index (χ4n) is 3.42. The third-order valence-corrected chi connectivity index (χ3v) is 4.99. The van der Waals surface area contributed by atoms with E-state index in [1.54, 1.807) is 6.26 Å². The van der Waals surface area contributed by atoms with E-state index in [-0.39, 0.29) is 24.0 Å². The number of rotatable bonds is 9. The molecule has 0 saturated carbocycles. The maximum Gasteiger partial charge on any atom is 0.191 e. The van der Waals surface area contributed by atoms with E-state index in [1.807, 2.05) is 12.1 Å². The second kappa shape index (κ2) is 13.6. The zero-order valence-electron chi connectivity index (χ0n) is 17.3. The van der Waals surface area contributed by atoms with Crippen LogP contribution >= 0.6 is 24.0 Å². The van der Waals surface area contributed by atoms with E-state index in [1.165, 1.54) is 5.56 Å². The Labute approximate surface area is 191 Å². The molecule has 1 aliphatic rings. The monoisotopic (exact) mass is 511 g/mol. The number of piperazine rings is 1. The number of guanidine groups is 1. The van der Waals surface area contributed by atoms with E-state index in [9.17, 15) is 0 Å². The molecule has 2 N–H and O–H groups in total. The highest BCUT2D eigenvalue weighted by atomic mass is 127. The summed E-state index contributed by atoms with van der Waals surface area (Å²) < 4.78 is 5.37. The van der Waals surface area contributed by atoms with Gasteiger partial charge in [0.15, 0.2) is 5.96 Å². The molecule has 7 heteroatoms. The molecule has 1 aromatic carbocycles. The minimum Gasteiger partial charge on any atom is -0.469 e. The van der Waals surface area contributed by atoms with Gasteiger partial charge in [0, 0.05) is 58.8 Å². The van der Waals surface area contributed by atoms with Crippen LogP contribution in [-0.4, -0.2) is 68.1 Å². The number of halogens is 1. The van der Waals surface area contributed by atoms with Crippen molar-refractivity contribution in [3.05, 3.63) is 60.1 Å². The van der Waals surface area contributed by atoms with Gasteiger partial charge in [-0.2, -0.15) is 0 Å². The van der Waals surface area contributed by atoms with Crippen LogP contribution in [0.5, 0.6) is 0 Å². The van der Waals surface area contributed by atoms with Gasteiger partial charge in [-0.05, 0) is 24.6 Å². The van der Waals surface area contributed by atoms with Crippen molar-refractivity contribution in [3.63, 3.8) is 0 Å². The topological polar surface area (TPSA) is 56.0 Å². The summed E-state index contributed by atoms with van der Waals surface area (Å²) >= 11 is 0. The predicted molar refractivity (Wildman–Crippen MR) is 130 cm³/mol. The van der Waals surface area contributed by atoms with Crippen LogP contribution in [0.25, 0.3) is 0 Å². The van der Waals surface area contributed by atoms with Crippen molar-refractivity contribution in [2.24, 2.45) is 4.99 Å². The lowest BCUT2D eigenvalue weighted by molar-refractivity contribution is 0.130. The molecule has 0 bridgehead atoms. The van der Waals surface area contributed by atoms with Crippen LogP contribution in [0, 0.1) is 0 Å². The third kappa shape index (κ3) is 8.76.